The van der Waals surface area contributed by atoms with Gasteiger partial charge < -0.3 is 13.9 Å². The van der Waals surface area contributed by atoms with Gasteiger partial charge in [-0.2, -0.15) is 5.10 Å². The summed E-state index contributed by atoms with van der Waals surface area (Å²) in [6.07, 6.45) is 3.17. The lowest BCUT2D eigenvalue weighted by Crippen LogP contribution is -2.16. The van der Waals surface area contributed by atoms with Crippen LogP contribution >= 0.6 is 47.8 Å². The molecule has 0 radical (unpaired) electrons. The Hall–Kier alpha value is -2.10. The number of nitrogens with one attached hydrogen (secondary N) is 1. The standard InChI is InChI=1S/C21H17Br3N2O4/c1-3-5-29-20-15(23)6-12(7-17(20)28-4-2)11-25-26-21(27)18-9-13-8-14(22)10-16(24)19(13)30-18/h3,6-11H,1,4-5H2,2H3,(H,26,27)/b25-11-. The van der Waals surface area contributed by atoms with Crippen molar-refractivity contribution in [3.63, 3.8) is 0 Å². The lowest BCUT2D eigenvalue weighted by Gasteiger charge is -2.13. The molecule has 0 saturated carbocycles. The van der Waals surface area contributed by atoms with Crippen molar-refractivity contribution >= 4 is 70.9 Å². The van der Waals surface area contributed by atoms with Crippen LogP contribution in [-0.4, -0.2) is 25.3 Å². The number of carbonyl (C=O) groups is 1. The van der Waals surface area contributed by atoms with Gasteiger partial charge in [-0.3, -0.25) is 4.79 Å². The number of ether oxygens (including phenoxy) is 2. The SMILES string of the molecule is C=CCOc1c(Br)cc(/C=N\NC(=O)c2cc3cc(Br)cc(Br)c3o2)cc1OCC. The van der Waals surface area contributed by atoms with Gasteiger partial charge in [0.05, 0.1) is 21.8 Å². The minimum absolute atomic E-state index is 0.158. The zero-order valence-corrected chi connectivity index (χ0v) is 20.6. The molecule has 0 aliphatic carbocycles. The van der Waals surface area contributed by atoms with Gasteiger partial charge in [0.15, 0.2) is 17.3 Å². The number of rotatable bonds is 8. The second-order valence-corrected chi connectivity index (χ2v) is 8.60. The largest absolute Gasteiger partial charge is 0.490 e. The molecular formula is C21H17Br3N2O4. The number of amides is 1. The van der Waals surface area contributed by atoms with Gasteiger partial charge in [0.2, 0.25) is 0 Å². The number of furan rings is 1. The molecule has 0 spiro atoms. The van der Waals surface area contributed by atoms with E-state index in [9.17, 15) is 4.79 Å². The van der Waals surface area contributed by atoms with Gasteiger partial charge in [0.25, 0.3) is 0 Å². The van der Waals surface area contributed by atoms with E-state index in [1.807, 2.05) is 25.1 Å². The number of carbonyl (C=O) groups excluding carboxylic acids is 1. The van der Waals surface area contributed by atoms with Gasteiger partial charge in [-0.25, -0.2) is 5.43 Å². The molecule has 156 valence electrons. The molecule has 0 unspecified atom stereocenters. The average molecular weight is 601 g/mol. The van der Waals surface area contributed by atoms with Crippen LogP contribution < -0.4 is 14.9 Å². The second kappa shape index (κ2) is 10.3. The fourth-order valence-corrected chi connectivity index (χ4v) is 4.53. The van der Waals surface area contributed by atoms with E-state index in [2.05, 4.69) is 64.9 Å². The summed E-state index contributed by atoms with van der Waals surface area (Å²) in [5.74, 6) is 0.844. The highest BCUT2D eigenvalue weighted by atomic mass is 79.9. The van der Waals surface area contributed by atoms with E-state index in [0.29, 0.717) is 40.3 Å². The van der Waals surface area contributed by atoms with Crippen LogP contribution in [0.25, 0.3) is 11.0 Å². The zero-order valence-electron chi connectivity index (χ0n) is 15.9. The summed E-state index contributed by atoms with van der Waals surface area (Å²) in [5, 5.41) is 4.82. The second-order valence-electron chi connectivity index (χ2n) is 5.98. The first-order chi connectivity index (χ1) is 14.4. The predicted molar refractivity (Wildman–Crippen MR) is 128 cm³/mol. The van der Waals surface area contributed by atoms with E-state index in [-0.39, 0.29) is 5.76 Å². The quantitative estimate of drug-likeness (QED) is 0.183. The van der Waals surface area contributed by atoms with Crippen LogP contribution in [0, 0.1) is 0 Å². The third-order valence-corrected chi connectivity index (χ3v) is 5.45. The average Bonchev–Trinajstić information content (AvgIpc) is 3.12. The summed E-state index contributed by atoms with van der Waals surface area (Å²) in [7, 11) is 0. The first-order valence-corrected chi connectivity index (χ1v) is 11.2. The normalized spacial score (nSPS) is 11.1. The molecule has 0 aliphatic rings. The third kappa shape index (κ3) is 5.33. The molecule has 30 heavy (non-hydrogen) atoms. The maximum atomic E-state index is 12.4. The lowest BCUT2D eigenvalue weighted by atomic mass is 10.2. The third-order valence-electron chi connectivity index (χ3n) is 3.82. The molecule has 1 amide bonds. The van der Waals surface area contributed by atoms with Gasteiger partial charge in [0.1, 0.15) is 12.2 Å². The van der Waals surface area contributed by atoms with Crippen molar-refractivity contribution in [3.05, 3.63) is 67.7 Å². The van der Waals surface area contributed by atoms with Gasteiger partial charge >= 0.3 is 5.91 Å². The molecule has 0 fully saturated rings. The first-order valence-electron chi connectivity index (χ1n) is 8.85. The molecule has 1 aromatic heterocycles. The summed E-state index contributed by atoms with van der Waals surface area (Å²) in [4.78, 5) is 12.4. The highest BCUT2D eigenvalue weighted by Gasteiger charge is 2.15. The van der Waals surface area contributed by atoms with Crippen LogP contribution in [0.15, 0.2) is 65.9 Å². The van der Waals surface area contributed by atoms with Crippen molar-refractivity contribution in [2.24, 2.45) is 5.10 Å². The molecule has 1 N–H and O–H groups in total. The van der Waals surface area contributed by atoms with Crippen molar-refractivity contribution in [1.29, 1.82) is 0 Å². The fraction of sp³-hybridized carbons (Fsp3) is 0.143. The molecule has 0 saturated heterocycles. The Morgan fingerprint density at radius 3 is 2.70 bits per heavy atom. The van der Waals surface area contributed by atoms with Gasteiger partial charge in [-0.05, 0) is 74.7 Å². The van der Waals surface area contributed by atoms with Crippen LogP contribution in [0.3, 0.4) is 0 Å². The Morgan fingerprint density at radius 2 is 1.97 bits per heavy atom. The molecule has 0 aliphatic heterocycles. The molecule has 6 nitrogen and oxygen atoms in total. The summed E-state index contributed by atoms with van der Waals surface area (Å²) >= 11 is 10.3. The number of nitrogens with zero attached hydrogens (tertiary/aromatic N) is 1. The van der Waals surface area contributed by atoms with Crippen molar-refractivity contribution in [3.8, 4) is 11.5 Å². The molecule has 0 atom stereocenters. The molecule has 1 heterocycles. The molecular weight excluding hydrogens is 584 g/mol. The topological polar surface area (TPSA) is 73.1 Å². The van der Waals surface area contributed by atoms with Crippen molar-refractivity contribution in [2.75, 3.05) is 13.2 Å². The van der Waals surface area contributed by atoms with Crippen molar-refractivity contribution in [2.45, 2.75) is 6.92 Å². The summed E-state index contributed by atoms with van der Waals surface area (Å²) in [6, 6.07) is 8.96. The summed E-state index contributed by atoms with van der Waals surface area (Å²) in [5.41, 5.74) is 3.78. The summed E-state index contributed by atoms with van der Waals surface area (Å²) < 4.78 is 19.3. The van der Waals surface area contributed by atoms with Crippen LogP contribution in [0.1, 0.15) is 23.0 Å². The molecule has 3 aromatic rings. The van der Waals surface area contributed by atoms with Crippen molar-refractivity contribution < 1.29 is 18.7 Å². The van der Waals surface area contributed by atoms with E-state index < -0.39 is 5.91 Å². The van der Waals surface area contributed by atoms with Gasteiger partial charge in [-0.15, -0.1) is 0 Å². The molecule has 3 rings (SSSR count). The lowest BCUT2D eigenvalue weighted by molar-refractivity contribution is 0.0929. The van der Waals surface area contributed by atoms with E-state index in [4.69, 9.17) is 13.9 Å². The first kappa shape index (κ1) is 22.6. The Morgan fingerprint density at radius 1 is 1.17 bits per heavy atom. The maximum absolute atomic E-state index is 12.4. The van der Waals surface area contributed by atoms with Crippen LogP contribution in [0.4, 0.5) is 0 Å². The monoisotopic (exact) mass is 598 g/mol. The van der Waals surface area contributed by atoms with E-state index in [1.54, 1.807) is 18.2 Å². The number of benzene rings is 2. The maximum Gasteiger partial charge on any atom is 0.307 e. The van der Waals surface area contributed by atoms with E-state index >= 15 is 0 Å². The molecule has 0 bridgehead atoms. The predicted octanol–water partition coefficient (Wildman–Crippen LogP) is 6.45. The smallest absolute Gasteiger partial charge is 0.307 e. The summed E-state index contributed by atoms with van der Waals surface area (Å²) in [6.45, 7) is 6.37. The Kier molecular flexibility index (Phi) is 7.74. The Bertz CT molecular complexity index is 1130. The highest BCUT2D eigenvalue weighted by Crippen LogP contribution is 2.36. The minimum Gasteiger partial charge on any atom is -0.490 e. The van der Waals surface area contributed by atoms with Gasteiger partial charge in [-0.1, -0.05) is 28.6 Å². The molecule has 9 heteroatoms. The van der Waals surface area contributed by atoms with Crippen molar-refractivity contribution in [1.82, 2.24) is 5.43 Å². The fourth-order valence-electron chi connectivity index (χ4n) is 2.62. The number of halogens is 3. The number of fused-ring (bicyclic) bond motifs is 1. The number of hydrazone groups is 1. The Balaban J connectivity index is 1.76. The highest BCUT2D eigenvalue weighted by molar-refractivity contribution is 9.11. The minimum atomic E-state index is -0.458. The zero-order chi connectivity index (χ0) is 21.7. The van der Waals surface area contributed by atoms with Crippen LogP contribution in [0.2, 0.25) is 0 Å². The van der Waals surface area contributed by atoms with Crippen LogP contribution in [-0.2, 0) is 0 Å². The number of hydrogen-bond donors (Lipinski definition) is 1. The van der Waals surface area contributed by atoms with E-state index in [1.165, 1.54) is 6.21 Å². The number of hydrogen-bond acceptors (Lipinski definition) is 5. The Labute approximate surface area is 198 Å². The van der Waals surface area contributed by atoms with E-state index in [0.717, 1.165) is 14.3 Å². The molecule has 2 aromatic carbocycles. The van der Waals surface area contributed by atoms with Gasteiger partial charge in [0, 0.05) is 9.86 Å². The van der Waals surface area contributed by atoms with Crippen LogP contribution in [0.5, 0.6) is 11.5 Å².